The molecule has 1 fully saturated rings. The first-order valence-electron chi connectivity index (χ1n) is 5.09. The van der Waals surface area contributed by atoms with Gasteiger partial charge in [0.15, 0.2) is 5.03 Å². The number of hydrogen-bond donors (Lipinski definition) is 1. The van der Waals surface area contributed by atoms with Crippen molar-refractivity contribution in [3.05, 3.63) is 12.5 Å². The van der Waals surface area contributed by atoms with Crippen LogP contribution in [-0.2, 0) is 10.0 Å². The molecule has 0 radical (unpaired) electrons. The Morgan fingerprint density at radius 1 is 1.62 bits per heavy atom. The number of alkyl halides is 1. The van der Waals surface area contributed by atoms with Gasteiger partial charge in [-0.1, -0.05) is 15.9 Å². The van der Waals surface area contributed by atoms with Crippen molar-refractivity contribution in [2.45, 2.75) is 22.7 Å². The van der Waals surface area contributed by atoms with Crippen LogP contribution in [0.1, 0.15) is 12.8 Å². The average molecular weight is 308 g/mol. The maximum Gasteiger partial charge on any atom is 0.259 e. The molecule has 1 aromatic heterocycles. The maximum atomic E-state index is 12.0. The highest BCUT2D eigenvalue weighted by Crippen LogP contribution is 2.34. The van der Waals surface area contributed by atoms with Crippen LogP contribution in [0.4, 0.5) is 0 Å². The summed E-state index contributed by atoms with van der Waals surface area (Å²) in [5, 5.41) is 0.157. The van der Waals surface area contributed by atoms with E-state index in [2.05, 4.69) is 25.9 Å². The van der Waals surface area contributed by atoms with E-state index in [9.17, 15) is 8.42 Å². The zero-order chi connectivity index (χ0) is 11.8. The first-order chi connectivity index (χ1) is 7.50. The molecule has 0 aromatic carbocycles. The Bertz CT molecular complexity index is 439. The maximum absolute atomic E-state index is 12.0. The van der Waals surface area contributed by atoms with E-state index in [-0.39, 0.29) is 5.03 Å². The van der Waals surface area contributed by atoms with Gasteiger partial charge in [-0.15, -0.1) is 0 Å². The molecule has 1 N–H and O–H groups in total. The van der Waals surface area contributed by atoms with Crippen LogP contribution in [-0.4, -0.2) is 41.1 Å². The lowest BCUT2D eigenvalue weighted by Crippen LogP contribution is -2.37. The number of aromatic nitrogens is 2. The second kappa shape index (κ2) is 4.46. The monoisotopic (exact) mass is 307 g/mol. The van der Waals surface area contributed by atoms with Crippen molar-refractivity contribution >= 4 is 26.0 Å². The number of nitrogens with one attached hydrogen (secondary N) is 1. The molecule has 1 aromatic rings. The molecule has 1 saturated carbocycles. The highest BCUT2D eigenvalue weighted by atomic mass is 79.9. The summed E-state index contributed by atoms with van der Waals surface area (Å²) in [6, 6.07) is 0. The van der Waals surface area contributed by atoms with Gasteiger partial charge < -0.3 is 4.98 Å². The summed E-state index contributed by atoms with van der Waals surface area (Å²) in [4.78, 5) is 6.91. The van der Waals surface area contributed by atoms with Gasteiger partial charge in [0.1, 0.15) is 0 Å². The lowest BCUT2D eigenvalue weighted by Gasteiger charge is -2.33. The fraction of sp³-hybridized carbons (Fsp3) is 0.667. The minimum Gasteiger partial charge on any atom is -0.335 e. The third-order valence-corrected chi connectivity index (χ3v) is 5.35. The standard InChI is InChI=1S/C9H14BrN3O2S/c1-13(5-7-2-8(10)3-7)16(14,15)9-4-11-6-12-9/h4,6-8H,2-3,5H2,1H3,(H,11,12). The molecule has 1 aliphatic carbocycles. The second-order valence-electron chi connectivity index (χ2n) is 4.14. The lowest BCUT2D eigenvalue weighted by molar-refractivity contribution is 0.275. The summed E-state index contributed by atoms with van der Waals surface area (Å²) in [5.74, 6) is 0.465. The van der Waals surface area contributed by atoms with E-state index in [1.165, 1.54) is 16.8 Å². The summed E-state index contributed by atoms with van der Waals surface area (Å²) >= 11 is 3.50. The van der Waals surface area contributed by atoms with Crippen LogP contribution in [0.5, 0.6) is 0 Å². The van der Waals surface area contributed by atoms with Crippen molar-refractivity contribution in [2.75, 3.05) is 13.6 Å². The van der Waals surface area contributed by atoms with E-state index in [4.69, 9.17) is 0 Å². The van der Waals surface area contributed by atoms with Crippen molar-refractivity contribution in [3.8, 4) is 0 Å². The number of aromatic amines is 1. The Balaban J connectivity index is 2.01. The number of imidazole rings is 1. The van der Waals surface area contributed by atoms with Gasteiger partial charge in [-0.3, -0.25) is 0 Å². The van der Waals surface area contributed by atoms with Gasteiger partial charge >= 0.3 is 0 Å². The normalized spacial score (nSPS) is 25.7. The number of rotatable bonds is 4. The summed E-state index contributed by atoms with van der Waals surface area (Å²) in [5.41, 5.74) is 0. The first kappa shape index (κ1) is 12.1. The number of halogens is 1. The summed E-state index contributed by atoms with van der Waals surface area (Å²) in [7, 11) is -1.78. The van der Waals surface area contributed by atoms with Gasteiger partial charge in [0.2, 0.25) is 0 Å². The van der Waals surface area contributed by atoms with Gasteiger partial charge in [0.25, 0.3) is 10.0 Å². The van der Waals surface area contributed by atoms with Crippen LogP contribution in [0, 0.1) is 5.92 Å². The molecule has 90 valence electrons. The van der Waals surface area contributed by atoms with E-state index in [1.807, 2.05) is 0 Å². The van der Waals surface area contributed by atoms with Crippen LogP contribution >= 0.6 is 15.9 Å². The fourth-order valence-electron chi connectivity index (χ4n) is 1.82. The van der Waals surface area contributed by atoms with Crippen molar-refractivity contribution in [1.82, 2.24) is 14.3 Å². The van der Waals surface area contributed by atoms with E-state index in [0.29, 0.717) is 17.3 Å². The predicted molar refractivity (Wildman–Crippen MR) is 63.8 cm³/mol. The molecule has 2 rings (SSSR count). The quantitative estimate of drug-likeness (QED) is 0.850. The zero-order valence-electron chi connectivity index (χ0n) is 8.93. The first-order valence-corrected chi connectivity index (χ1v) is 7.44. The van der Waals surface area contributed by atoms with Gasteiger partial charge in [0, 0.05) is 18.4 Å². The highest BCUT2D eigenvalue weighted by molar-refractivity contribution is 9.09. The van der Waals surface area contributed by atoms with Crippen molar-refractivity contribution in [2.24, 2.45) is 5.92 Å². The fourth-order valence-corrected chi connectivity index (χ4v) is 4.01. The summed E-state index contributed by atoms with van der Waals surface area (Å²) in [6.07, 6.45) is 4.80. The van der Waals surface area contributed by atoms with E-state index < -0.39 is 10.0 Å². The topological polar surface area (TPSA) is 66.1 Å². The molecule has 0 atom stereocenters. The molecule has 5 nitrogen and oxygen atoms in total. The second-order valence-corrected chi connectivity index (χ2v) is 7.44. The largest absolute Gasteiger partial charge is 0.335 e. The molecule has 0 amide bonds. The van der Waals surface area contributed by atoms with E-state index >= 15 is 0 Å². The van der Waals surface area contributed by atoms with Gasteiger partial charge in [-0.25, -0.2) is 13.4 Å². The Morgan fingerprint density at radius 3 is 2.81 bits per heavy atom. The Morgan fingerprint density at radius 2 is 2.31 bits per heavy atom. The molecular formula is C9H14BrN3O2S. The molecule has 0 bridgehead atoms. The molecule has 7 heteroatoms. The molecular weight excluding hydrogens is 294 g/mol. The van der Waals surface area contributed by atoms with Crippen LogP contribution in [0.3, 0.4) is 0 Å². The SMILES string of the molecule is CN(CC1CC(Br)C1)S(=O)(=O)c1cnc[nH]1. The number of H-pyrrole nitrogens is 1. The van der Waals surface area contributed by atoms with Crippen LogP contribution in [0.15, 0.2) is 17.6 Å². The highest BCUT2D eigenvalue weighted by Gasteiger charge is 2.31. The van der Waals surface area contributed by atoms with Crippen LogP contribution in [0.2, 0.25) is 0 Å². The van der Waals surface area contributed by atoms with Crippen molar-refractivity contribution in [1.29, 1.82) is 0 Å². The van der Waals surface area contributed by atoms with Crippen molar-refractivity contribution < 1.29 is 8.42 Å². The number of sulfonamides is 1. The Kier molecular flexibility index (Phi) is 3.37. The van der Waals surface area contributed by atoms with Crippen LogP contribution < -0.4 is 0 Å². The summed E-state index contributed by atoms with van der Waals surface area (Å²) < 4.78 is 25.4. The van der Waals surface area contributed by atoms with Crippen molar-refractivity contribution in [3.63, 3.8) is 0 Å². The third-order valence-electron chi connectivity index (χ3n) is 2.85. The molecule has 0 spiro atoms. The number of nitrogens with zero attached hydrogens (tertiary/aromatic N) is 2. The van der Waals surface area contributed by atoms with Gasteiger partial charge in [-0.2, -0.15) is 4.31 Å². The summed E-state index contributed by atoms with van der Waals surface area (Å²) in [6.45, 7) is 0.573. The predicted octanol–water partition coefficient (Wildman–Crippen LogP) is 1.20. The molecule has 1 heterocycles. The zero-order valence-corrected chi connectivity index (χ0v) is 11.3. The number of hydrogen-bond acceptors (Lipinski definition) is 3. The van der Waals surface area contributed by atoms with Gasteiger partial charge in [0.05, 0.1) is 12.5 Å². The van der Waals surface area contributed by atoms with E-state index in [0.717, 1.165) is 12.8 Å². The smallest absolute Gasteiger partial charge is 0.259 e. The van der Waals surface area contributed by atoms with E-state index in [1.54, 1.807) is 7.05 Å². The average Bonchev–Trinajstić information content (AvgIpc) is 2.68. The lowest BCUT2D eigenvalue weighted by atomic mass is 9.85. The molecule has 1 aliphatic rings. The Hall–Kier alpha value is -0.400. The van der Waals surface area contributed by atoms with Gasteiger partial charge in [-0.05, 0) is 18.8 Å². The van der Waals surface area contributed by atoms with Crippen LogP contribution in [0.25, 0.3) is 0 Å². The molecule has 0 unspecified atom stereocenters. The Labute approximate surface area is 103 Å². The minimum atomic E-state index is -3.38. The molecule has 0 saturated heterocycles. The molecule has 0 aliphatic heterocycles. The third kappa shape index (κ3) is 2.31. The minimum absolute atomic E-state index is 0.157. The molecule has 16 heavy (non-hydrogen) atoms.